The van der Waals surface area contributed by atoms with Crippen LogP contribution < -0.4 is 0 Å². The third-order valence-electron chi connectivity index (χ3n) is 4.12. The Morgan fingerprint density at radius 1 is 1.15 bits per heavy atom. The molecular formula is C19H15BrFN3OS. The van der Waals surface area contributed by atoms with Gasteiger partial charge in [-0.3, -0.25) is 0 Å². The lowest BCUT2D eigenvalue weighted by Crippen LogP contribution is -1.84. The van der Waals surface area contributed by atoms with Crippen LogP contribution in [0.5, 0.6) is 0 Å². The van der Waals surface area contributed by atoms with Crippen molar-refractivity contribution in [3.8, 4) is 11.6 Å². The molecular weight excluding hydrogens is 417 g/mol. The van der Waals surface area contributed by atoms with E-state index in [9.17, 15) is 4.39 Å². The number of hydrogen-bond donors (Lipinski definition) is 1. The van der Waals surface area contributed by atoms with Crippen LogP contribution in [0.15, 0.2) is 56.6 Å². The van der Waals surface area contributed by atoms with Gasteiger partial charge in [-0.1, -0.05) is 46.7 Å². The maximum absolute atomic E-state index is 13.0. The number of hydrogen-bond acceptors (Lipinski definition) is 4. The van der Waals surface area contributed by atoms with E-state index in [0.717, 1.165) is 38.6 Å². The van der Waals surface area contributed by atoms with Crippen LogP contribution in [0.1, 0.15) is 18.1 Å². The van der Waals surface area contributed by atoms with Gasteiger partial charge >= 0.3 is 0 Å². The van der Waals surface area contributed by atoms with Gasteiger partial charge in [0.15, 0.2) is 0 Å². The fraction of sp³-hybridized carbons (Fsp3) is 0.158. The number of H-pyrrole nitrogens is 1. The van der Waals surface area contributed by atoms with E-state index in [1.807, 2.05) is 12.1 Å². The zero-order valence-electron chi connectivity index (χ0n) is 13.9. The molecule has 2 aromatic carbocycles. The number of thioether (sulfide) groups is 1. The zero-order chi connectivity index (χ0) is 18.1. The summed E-state index contributed by atoms with van der Waals surface area (Å²) in [6.07, 6.45) is 0.853. The SMILES string of the molecule is CCc1c(-c2nnc(SCc3ccc(F)cc3)o2)[nH]c2ccc(Br)cc12. The highest BCUT2D eigenvalue weighted by Crippen LogP contribution is 2.33. The normalized spacial score (nSPS) is 11.3. The summed E-state index contributed by atoms with van der Waals surface area (Å²) in [5.41, 5.74) is 4.06. The Hall–Kier alpha value is -2.12. The molecule has 0 aliphatic rings. The van der Waals surface area contributed by atoms with Gasteiger partial charge in [-0.2, -0.15) is 0 Å². The van der Waals surface area contributed by atoms with E-state index in [2.05, 4.69) is 44.1 Å². The van der Waals surface area contributed by atoms with Crippen LogP contribution in [0, 0.1) is 5.82 Å². The third-order valence-corrected chi connectivity index (χ3v) is 5.50. The number of rotatable bonds is 5. The van der Waals surface area contributed by atoms with Gasteiger partial charge in [0.25, 0.3) is 11.1 Å². The van der Waals surface area contributed by atoms with Gasteiger partial charge in [-0.25, -0.2) is 4.39 Å². The van der Waals surface area contributed by atoms with Crippen molar-refractivity contribution in [1.29, 1.82) is 0 Å². The average Bonchev–Trinajstić information content (AvgIpc) is 3.25. The number of aromatic amines is 1. The Morgan fingerprint density at radius 2 is 1.96 bits per heavy atom. The van der Waals surface area contributed by atoms with Crippen molar-refractivity contribution >= 4 is 38.6 Å². The number of benzene rings is 2. The molecule has 7 heteroatoms. The number of fused-ring (bicyclic) bond motifs is 1. The Morgan fingerprint density at radius 3 is 2.73 bits per heavy atom. The van der Waals surface area contributed by atoms with E-state index in [1.54, 1.807) is 12.1 Å². The van der Waals surface area contributed by atoms with Crippen LogP contribution in [0.2, 0.25) is 0 Å². The molecule has 132 valence electrons. The van der Waals surface area contributed by atoms with E-state index in [0.29, 0.717) is 16.9 Å². The van der Waals surface area contributed by atoms with Crippen molar-refractivity contribution in [2.45, 2.75) is 24.3 Å². The van der Waals surface area contributed by atoms with Crippen LogP contribution in [0.3, 0.4) is 0 Å². The molecule has 0 fully saturated rings. The summed E-state index contributed by atoms with van der Waals surface area (Å²) in [5, 5.41) is 9.97. The molecule has 4 rings (SSSR count). The molecule has 0 atom stereocenters. The van der Waals surface area contributed by atoms with E-state index in [1.165, 1.54) is 23.9 Å². The molecule has 2 aromatic heterocycles. The molecule has 0 aliphatic carbocycles. The lowest BCUT2D eigenvalue weighted by atomic mass is 10.1. The topological polar surface area (TPSA) is 54.7 Å². The first-order valence-corrected chi connectivity index (χ1v) is 9.93. The quantitative estimate of drug-likeness (QED) is 0.395. The molecule has 0 unspecified atom stereocenters. The molecule has 0 amide bonds. The summed E-state index contributed by atoms with van der Waals surface area (Å²) < 4.78 is 19.8. The van der Waals surface area contributed by atoms with Crippen LogP contribution in [-0.2, 0) is 12.2 Å². The molecule has 0 spiro atoms. The lowest BCUT2D eigenvalue weighted by molar-refractivity contribution is 0.464. The van der Waals surface area contributed by atoms with Gasteiger partial charge in [0, 0.05) is 21.1 Å². The Labute approximate surface area is 162 Å². The molecule has 0 aliphatic heterocycles. The lowest BCUT2D eigenvalue weighted by Gasteiger charge is -1.98. The highest BCUT2D eigenvalue weighted by atomic mass is 79.9. The van der Waals surface area contributed by atoms with E-state index >= 15 is 0 Å². The highest BCUT2D eigenvalue weighted by Gasteiger charge is 2.17. The van der Waals surface area contributed by atoms with Crippen molar-refractivity contribution in [2.24, 2.45) is 0 Å². The minimum absolute atomic E-state index is 0.239. The first kappa shape index (κ1) is 17.3. The zero-order valence-corrected chi connectivity index (χ0v) is 16.3. The standard InChI is InChI=1S/C19H15BrFN3OS/c1-2-14-15-9-12(20)5-8-16(15)22-17(14)18-23-24-19(25-18)26-10-11-3-6-13(21)7-4-11/h3-9,22H,2,10H2,1H3. The Balaban J connectivity index is 1.59. The van der Waals surface area contributed by atoms with Gasteiger partial charge in [0.05, 0.1) is 0 Å². The maximum atomic E-state index is 13.0. The predicted molar refractivity (Wildman–Crippen MR) is 105 cm³/mol. The monoisotopic (exact) mass is 431 g/mol. The second kappa shape index (κ2) is 7.25. The number of nitrogens with zero attached hydrogens (tertiary/aromatic N) is 2. The average molecular weight is 432 g/mol. The van der Waals surface area contributed by atoms with Gasteiger partial charge in [0.2, 0.25) is 0 Å². The van der Waals surface area contributed by atoms with E-state index in [4.69, 9.17) is 4.42 Å². The van der Waals surface area contributed by atoms with Gasteiger partial charge in [0.1, 0.15) is 11.5 Å². The predicted octanol–water partition coefficient (Wildman–Crippen LogP) is 5.97. The maximum Gasteiger partial charge on any atom is 0.277 e. The summed E-state index contributed by atoms with van der Waals surface area (Å²) >= 11 is 4.95. The number of aromatic nitrogens is 3. The second-order valence-corrected chi connectivity index (χ2v) is 7.65. The van der Waals surface area contributed by atoms with Crippen molar-refractivity contribution < 1.29 is 8.81 Å². The molecule has 4 aromatic rings. The smallest absolute Gasteiger partial charge is 0.277 e. The summed E-state index contributed by atoms with van der Waals surface area (Å²) in [5.74, 6) is 0.884. The Bertz CT molecular complexity index is 1060. The number of halogens is 2. The molecule has 4 nitrogen and oxygen atoms in total. The molecule has 1 N–H and O–H groups in total. The number of nitrogens with one attached hydrogen (secondary N) is 1. The minimum atomic E-state index is -0.239. The van der Waals surface area contributed by atoms with Gasteiger partial charge < -0.3 is 9.40 Å². The fourth-order valence-electron chi connectivity index (χ4n) is 2.86. The summed E-state index contributed by atoms with van der Waals surface area (Å²) in [4.78, 5) is 3.38. The minimum Gasteiger partial charge on any atom is -0.410 e. The van der Waals surface area contributed by atoms with Crippen molar-refractivity contribution in [2.75, 3.05) is 0 Å². The van der Waals surface area contributed by atoms with Gasteiger partial charge in [-0.05, 0) is 47.9 Å². The highest BCUT2D eigenvalue weighted by molar-refractivity contribution is 9.10. The molecule has 0 bridgehead atoms. The Kier molecular flexibility index (Phi) is 4.82. The van der Waals surface area contributed by atoms with Crippen molar-refractivity contribution in [3.63, 3.8) is 0 Å². The largest absolute Gasteiger partial charge is 0.410 e. The second-order valence-electron chi connectivity index (χ2n) is 5.81. The first-order chi connectivity index (χ1) is 12.6. The van der Waals surface area contributed by atoms with E-state index < -0.39 is 0 Å². The molecule has 0 saturated heterocycles. The van der Waals surface area contributed by atoms with Gasteiger partial charge in [-0.15, -0.1) is 10.2 Å². The third kappa shape index (κ3) is 3.41. The van der Waals surface area contributed by atoms with E-state index in [-0.39, 0.29) is 5.82 Å². The van der Waals surface area contributed by atoms with Crippen LogP contribution in [0.4, 0.5) is 4.39 Å². The summed E-state index contributed by atoms with van der Waals surface area (Å²) in [7, 11) is 0. The van der Waals surface area contributed by atoms with Crippen LogP contribution in [-0.4, -0.2) is 15.2 Å². The van der Waals surface area contributed by atoms with Crippen molar-refractivity contribution in [1.82, 2.24) is 15.2 Å². The molecule has 2 heterocycles. The summed E-state index contributed by atoms with van der Waals surface area (Å²) in [6, 6.07) is 12.5. The van der Waals surface area contributed by atoms with Crippen LogP contribution in [0.25, 0.3) is 22.5 Å². The van der Waals surface area contributed by atoms with Crippen LogP contribution >= 0.6 is 27.7 Å². The first-order valence-electron chi connectivity index (χ1n) is 8.15. The summed E-state index contributed by atoms with van der Waals surface area (Å²) in [6.45, 7) is 2.10. The number of aryl methyl sites for hydroxylation is 1. The van der Waals surface area contributed by atoms with Crippen molar-refractivity contribution in [3.05, 3.63) is 63.9 Å². The molecule has 26 heavy (non-hydrogen) atoms. The molecule has 0 saturated carbocycles. The molecule has 0 radical (unpaired) electrons. The fourth-order valence-corrected chi connectivity index (χ4v) is 3.94.